The van der Waals surface area contributed by atoms with Crippen LogP contribution in [0.1, 0.15) is 5.56 Å². The summed E-state index contributed by atoms with van der Waals surface area (Å²) in [6, 6.07) is 15.5. The number of hydrogen-bond donors (Lipinski definition) is 1. The lowest BCUT2D eigenvalue weighted by atomic mass is 10.2. The third kappa shape index (κ3) is 2.74. The predicted octanol–water partition coefficient (Wildman–Crippen LogP) is 2.82. The zero-order chi connectivity index (χ0) is 15.5. The molecule has 0 aliphatic carbocycles. The van der Waals surface area contributed by atoms with Crippen LogP contribution < -0.4 is 10.2 Å². The Labute approximate surface area is 128 Å². The first-order chi connectivity index (χ1) is 10.6. The van der Waals surface area contributed by atoms with Gasteiger partial charge in [-0.3, -0.25) is 20.0 Å². The van der Waals surface area contributed by atoms with E-state index < -0.39 is 12.1 Å². The minimum atomic E-state index is -0.740. The Hall–Kier alpha value is -2.95. The van der Waals surface area contributed by atoms with Gasteiger partial charge in [0.2, 0.25) is 0 Å². The van der Waals surface area contributed by atoms with E-state index in [0.717, 1.165) is 11.3 Å². The topological polar surface area (TPSA) is 61.8 Å². The van der Waals surface area contributed by atoms with Gasteiger partial charge in [0.1, 0.15) is 0 Å². The molecule has 0 bridgehead atoms. The summed E-state index contributed by atoms with van der Waals surface area (Å²) in [5, 5.41) is 2.32. The Morgan fingerprint density at radius 2 is 1.73 bits per heavy atom. The number of nitrogens with one attached hydrogen (secondary N) is 1. The van der Waals surface area contributed by atoms with Crippen molar-refractivity contribution in [3.05, 3.63) is 60.2 Å². The highest BCUT2D eigenvalue weighted by Gasteiger charge is 2.38. The van der Waals surface area contributed by atoms with E-state index in [1.165, 1.54) is 11.1 Å². The van der Waals surface area contributed by atoms with Crippen molar-refractivity contribution in [2.24, 2.45) is 4.99 Å². The van der Waals surface area contributed by atoms with Crippen molar-refractivity contribution in [2.75, 3.05) is 4.90 Å². The van der Waals surface area contributed by atoms with Gasteiger partial charge in [0.05, 0.1) is 5.69 Å². The maximum Gasteiger partial charge on any atom is 0.329 e. The van der Waals surface area contributed by atoms with Crippen molar-refractivity contribution < 1.29 is 9.59 Å². The second-order valence-electron chi connectivity index (χ2n) is 5.06. The van der Waals surface area contributed by atoms with Crippen molar-refractivity contribution in [3.63, 3.8) is 0 Å². The Kier molecular flexibility index (Phi) is 3.70. The molecule has 0 radical (unpaired) electrons. The Balaban J connectivity index is 1.88. The van der Waals surface area contributed by atoms with Crippen molar-refractivity contribution in [3.8, 4) is 0 Å². The number of carbonyl (C=O) groups excluding carboxylic acids is 2. The van der Waals surface area contributed by atoms with Gasteiger partial charge in [-0.25, -0.2) is 4.79 Å². The number of para-hydroxylation sites is 1. The molecule has 5 nitrogen and oxygen atoms in total. The number of aryl methyl sites for hydroxylation is 1. The van der Waals surface area contributed by atoms with Gasteiger partial charge in [-0.2, -0.15) is 0 Å². The van der Waals surface area contributed by atoms with Crippen LogP contribution in [0.5, 0.6) is 0 Å². The minimum Gasteiger partial charge on any atom is -0.277 e. The molecule has 3 amide bonds. The second kappa shape index (κ2) is 5.81. The smallest absolute Gasteiger partial charge is 0.277 e. The van der Waals surface area contributed by atoms with Crippen molar-refractivity contribution in [1.82, 2.24) is 5.32 Å². The number of amides is 3. The lowest BCUT2D eigenvalue weighted by Crippen LogP contribution is -2.36. The van der Waals surface area contributed by atoms with Crippen LogP contribution in [0.2, 0.25) is 0 Å². The standard InChI is InChI=1S/C17H15N3O2/c1-12-7-9-13(10-8-12)18-11-15-16(21)19-17(22)20(15)14-5-3-2-4-6-14/h2-11,15H,1H3,(H,19,21,22)/t15-/m0/s1. The molecule has 1 aliphatic rings. The molecule has 1 aliphatic heterocycles. The predicted molar refractivity (Wildman–Crippen MR) is 85.6 cm³/mol. The van der Waals surface area contributed by atoms with Gasteiger partial charge in [0, 0.05) is 11.9 Å². The molecule has 110 valence electrons. The van der Waals surface area contributed by atoms with Crippen LogP contribution in [0.4, 0.5) is 16.2 Å². The maximum absolute atomic E-state index is 12.0. The van der Waals surface area contributed by atoms with Gasteiger partial charge < -0.3 is 0 Å². The summed E-state index contributed by atoms with van der Waals surface area (Å²) in [6.07, 6.45) is 1.50. The Bertz CT molecular complexity index is 723. The summed E-state index contributed by atoms with van der Waals surface area (Å²) < 4.78 is 0. The number of nitrogens with zero attached hydrogens (tertiary/aromatic N) is 2. The minimum absolute atomic E-state index is 0.371. The molecule has 3 rings (SSSR count). The fourth-order valence-electron chi connectivity index (χ4n) is 2.27. The van der Waals surface area contributed by atoms with Crippen LogP contribution in [-0.4, -0.2) is 24.2 Å². The molecule has 1 fully saturated rings. The highest BCUT2D eigenvalue weighted by Crippen LogP contribution is 2.21. The molecule has 22 heavy (non-hydrogen) atoms. The first-order valence-electron chi connectivity index (χ1n) is 6.95. The first-order valence-corrected chi connectivity index (χ1v) is 6.95. The first kappa shape index (κ1) is 14.0. The normalized spacial score (nSPS) is 18.0. The molecular weight excluding hydrogens is 278 g/mol. The number of carbonyl (C=O) groups is 2. The fourth-order valence-corrected chi connectivity index (χ4v) is 2.27. The van der Waals surface area contributed by atoms with Crippen LogP contribution >= 0.6 is 0 Å². The maximum atomic E-state index is 12.0. The third-order valence-electron chi connectivity index (χ3n) is 3.43. The molecule has 1 atom stereocenters. The van der Waals surface area contributed by atoms with Crippen LogP contribution in [0.25, 0.3) is 0 Å². The summed E-state index contributed by atoms with van der Waals surface area (Å²) >= 11 is 0. The highest BCUT2D eigenvalue weighted by atomic mass is 16.2. The molecule has 0 unspecified atom stereocenters. The van der Waals surface area contributed by atoms with E-state index in [0.29, 0.717) is 5.69 Å². The van der Waals surface area contributed by atoms with Gasteiger partial charge in [0.15, 0.2) is 6.04 Å². The molecule has 1 N–H and O–H groups in total. The molecule has 0 aromatic heterocycles. The number of aliphatic imine (C=N–C) groups is 1. The number of hydrogen-bond acceptors (Lipinski definition) is 3. The molecule has 2 aromatic rings. The average molecular weight is 293 g/mol. The summed E-state index contributed by atoms with van der Waals surface area (Å²) in [7, 11) is 0. The van der Waals surface area contributed by atoms with Crippen molar-refractivity contribution >= 4 is 29.5 Å². The molecular formula is C17H15N3O2. The number of benzene rings is 2. The highest BCUT2D eigenvalue weighted by molar-refractivity contribution is 6.21. The molecule has 1 heterocycles. The number of anilines is 1. The van der Waals surface area contributed by atoms with Crippen LogP contribution in [0.3, 0.4) is 0 Å². The number of imide groups is 1. The van der Waals surface area contributed by atoms with Crippen LogP contribution in [0.15, 0.2) is 59.6 Å². The fraction of sp³-hybridized carbons (Fsp3) is 0.118. The van der Waals surface area contributed by atoms with Gasteiger partial charge >= 0.3 is 6.03 Å². The summed E-state index contributed by atoms with van der Waals surface area (Å²) in [5.74, 6) is -0.371. The molecule has 2 aromatic carbocycles. The zero-order valence-electron chi connectivity index (χ0n) is 12.1. The van der Waals surface area contributed by atoms with E-state index in [4.69, 9.17) is 0 Å². The van der Waals surface area contributed by atoms with E-state index in [1.54, 1.807) is 12.1 Å². The lowest BCUT2D eigenvalue weighted by Gasteiger charge is -2.18. The summed E-state index contributed by atoms with van der Waals surface area (Å²) in [5.41, 5.74) is 2.54. The zero-order valence-corrected chi connectivity index (χ0v) is 12.1. The van der Waals surface area contributed by atoms with Crippen LogP contribution in [-0.2, 0) is 4.79 Å². The van der Waals surface area contributed by atoms with E-state index in [1.807, 2.05) is 49.4 Å². The largest absolute Gasteiger partial charge is 0.329 e. The van der Waals surface area contributed by atoms with Gasteiger partial charge in [-0.1, -0.05) is 35.9 Å². The number of urea groups is 1. The van der Waals surface area contributed by atoms with Gasteiger partial charge in [-0.05, 0) is 31.2 Å². The SMILES string of the molecule is Cc1ccc(N=C[C@H]2C(=O)NC(=O)N2c2ccccc2)cc1. The molecule has 1 saturated heterocycles. The molecule has 5 heteroatoms. The lowest BCUT2D eigenvalue weighted by molar-refractivity contribution is -0.118. The van der Waals surface area contributed by atoms with Crippen molar-refractivity contribution in [1.29, 1.82) is 0 Å². The second-order valence-corrected chi connectivity index (χ2v) is 5.06. The van der Waals surface area contributed by atoms with Crippen LogP contribution in [0, 0.1) is 6.92 Å². The van der Waals surface area contributed by atoms with Gasteiger partial charge in [-0.15, -0.1) is 0 Å². The quantitative estimate of drug-likeness (QED) is 0.698. The van der Waals surface area contributed by atoms with E-state index >= 15 is 0 Å². The molecule has 0 spiro atoms. The Morgan fingerprint density at radius 1 is 1.05 bits per heavy atom. The average Bonchev–Trinajstić information content (AvgIpc) is 2.81. The molecule has 0 saturated carbocycles. The summed E-state index contributed by atoms with van der Waals surface area (Å²) in [4.78, 5) is 29.7. The van der Waals surface area contributed by atoms with E-state index in [2.05, 4.69) is 10.3 Å². The summed E-state index contributed by atoms with van der Waals surface area (Å²) in [6.45, 7) is 1.99. The van der Waals surface area contributed by atoms with Gasteiger partial charge in [0.25, 0.3) is 5.91 Å². The monoisotopic (exact) mass is 293 g/mol. The third-order valence-corrected chi connectivity index (χ3v) is 3.43. The Morgan fingerprint density at radius 3 is 2.41 bits per heavy atom. The van der Waals surface area contributed by atoms with E-state index in [-0.39, 0.29) is 5.91 Å². The number of rotatable bonds is 3. The van der Waals surface area contributed by atoms with E-state index in [9.17, 15) is 9.59 Å². The van der Waals surface area contributed by atoms with Crippen molar-refractivity contribution in [2.45, 2.75) is 13.0 Å².